The van der Waals surface area contributed by atoms with Gasteiger partial charge < -0.3 is 4.74 Å². The van der Waals surface area contributed by atoms with Gasteiger partial charge in [-0.25, -0.2) is 4.39 Å². The fourth-order valence-electron chi connectivity index (χ4n) is 1.70. The third kappa shape index (κ3) is 4.54. The van der Waals surface area contributed by atoms with Crippen molar-refractivity contribution < 1.29 is 9.13 Å². The highest BCUT2D eigenvalue weighted by Crippen LogP contribution is 2.14. The summed E-state index contributed by atoms with van der Waals surface area (Å²) < 4.78 is 19.1. The van der Waals surface area contributed by atoms with E-state index in [1.165, 1.54) is 6.07 Å². The van der Waals surface area contributed by atoms with E-state index in [4.69, 9.17) is 10.00 Å². The molecule has 1 atom stereocenters. The number of benzene rings is 1. The summed E-state index contributed by atoms with van der Waals surface area (Å²) in [6.07, 6.45) is 1.07. The fourth-order valence-corrected chi connectivity index (χ4v) is 1.70. The Morgan fingerprint density at radius 2 is 2.06 bits per heavy atom. The van der Waals surface area contributed by atoms with Gasteiger partial charge in [0.1, 0.15) is 5.82 Å². The largest absolute Gasteiger partial charge is 0.374 e. The lowest BCUT2D eigenvalue weighted by atomic mass is 10.1. The minimum absolute atomic E-state index is 0.116. The number of rotatable bonds is 5. The van der Waals surface area contributed by atoms with Crippen LogP contribution in [0.4, 0.5) is 4.39 Å². The molecule has 0 bridgehead atoms. The molecule has 0 saturated carbocycles. The number of nitrogens with zero attached hydrogens (tertiary/aromatic N) is 1. The number of ether oxygens (including phenoxy) is 1. The molecular formula is C14H18FNO. The minimum atomic E-state index is -0.374. The van der Waals surface area contributed by atoms with Crippen LogP contribution >= 0.6 is 0 Å². The van der Waals surface area contributed by atoms with Gasteiger partial charge in [-0.2, -0.15) is 5.26 Å². The normalized spacial score (nSPS) is 12.5. The molecule has 0 heterocycles. The maximum Gasteiger partial charge on any atom is 0.130 e. The van der Waals surface area contributed by atoms with Crippen molar-refractivity contribution in [1.82, 2.24) is 0 Å². The summed E-state index contributed by atoms with van der Waals surface area (Å²) in [4.78, 5) is 0. The van der Waals surface area contributed by atoms with E-state index in [2.05, 4.69) is 13.8 Å². The first kappa shape index (κ1) is 13.7. The lowest BCUT2D eigenvalue weighted by Gasteiger charge is -2.15. The molecule has 0 fully saturated rings. The van der Waals surface area contributed by atoms with E-state index >= 15 is 0 Å². The summed E-state index contributed by atoms with van der Waals surface area (Å²) in [6.45, 7) is 6.50. The van der Waals surface area contributed by atoms with Crippen LogP contribution in [0.3, 0.4) is 0 Å². The van der Waals surface area contributed by atoms with Crippen molar-refractivity contribution >= 4 is 0 Å². The highest BCUT2D eigenvalue weighted by atomic mass is 19.1. The van der Waals surface area contributed by atoms with Gasteiger partial charge in [0.05, 0.1) is 24.3 Å². The first-order valence-electron chi connectivity index (χ1n) is 5.83. The van der Waals surface area contributed by atoms with E-state index in [0.29, 0.717) is 17.0 Å². The highest BCUT2D eigenvalue weighted by Gasteiger charge is 2.08. The molecule has 17 heavy (non-hydrogen) atoms. The third-order valence-electron chi connectivity index (χ3n) is 2.51. The molecule has 3 heteroatoms. The van der Waals surface area contributed by atoms with Crippen LogP contribution in [0.5, 0.6) is 0 Å². The van der Waals surface area contributed by atoms with Crippen LogP contribution in [0, 0.1) is 23.1 Å². The zero-order valence-corrected chi connectivity index (χ0v) is 10.5. The van der Waals surface area contributed by atoms with Gasteiger partial charge in [0.15, 0.2) is 0 Å². The quantitative estimate of drug-likeness (QED) is 0.780. The molecular weight excluding hydrogens is 217 g/mol. The van der Waals surface area contributed by atoms with E-state index in [1.54, 1.807) is 12.1 Å². The van der Waals surface area contributed by atoms with Crippen molar-refractivity contribution in [2.75, 3.05) is 0 Å². The molecule has 0 spiro atoms. The van der Waals surface area contributed by atoms with Crippen LogP contribution < -0.4 is 0 Å². The van der Waals surface area contributed by atoms with Crippen LogP contribution in [0.15, 0.2) is 18.2 Å². The molecule has 1 aromatic carbocycles. The standard InChI is InChI=1S/C14H18FNO/c1-10(2)6-11(3)17-9-13-5-4-12(8-16)7-14(13)15/h4-5,7,10-11H,6,9H2,1-3H3. The van der Waals surface area contributed by atoms with Crippen molar-refractivity contribution in [3.63, 3.8) is 0 Å². The molecule has 0 aliphatic carbocycles. The summed E-state index contributed by atoms with van der Waals surface area (Å²) in [5.41, 5.74) is 0.834. The van der Waals surface area contributed by atoms with Gasteiger partial charge in [0.2, 0.25) is 0 Å². The summed E-state index contributed by atoms with van der Waals surface area (Å²) in [7, 11) is 0. The molecule has 0 aliphatic heterocycles. The van der Waals surface area contributed by atoms with Gasteiger partial charge in [-0.1, -0.05) is 19.9 Å². The Kier molecular flexibility index (Phi) is 5.11. The van der Waals surface area contributed by atoms with E-state index in [-0.39, 0.29) is 18.5 Å². The monoisotopic (exact) mass is 235 g/mol. The predicted molar refractivity (Wildman–Crippen MR) is 64.8 cm³/mol. The maximum atomic E-state index is 13.5. The molecule has 1 aromatic rings. The highest BCUT2D eigenvalue weighted by molar-refractivity contribution is 5.32. The van der Waals surface area contributed by atoms with Crippen LogP contribution in [-0.2, 0) is 11.3 Å². The second kappa shape index (κ2) is 6.36. The number of hydrogen-bond donors (Lipinski definition) is 0. The van der Waals surface area contributed by atoms with Crippen LogP contribution in [0.25, 0.3) is 0 Å². The Labute approximate surface area is 102 Å². The molecule has 2 nitrogen and oxygen atoms in total. The molecule has 0 amide bonds. The molecule has 0 aromatic heterocycles. The average Bonchev–Trinajstić information content (AvgIpc) is 2.26. The summed E-state index contributed by atoms with van der Waals surface area (Å²) >= 11 is 0. The van der Waals surface area contributed by atoms with Gasteiger partial charge in [-0.3, -0.25) is 0 Å². The zero-order valence-electron chi connectivity index (χ0n) is 10.5. The molecule has 0 aliphatic rings. The Balaban J connectivity index is 2.55. The average molecular weight is 235 g/mol. The molecule has 0 N–H and O–H groups in total. The summed E-state index contributed by atoms with van der Waals surface area (Å²) in [5, 5.41) is 8.62. The minimum Gasteiger partial charge on any atom is -0.374 e. The molecule has 1 rings (SSSR count). The van der Waals surface area contributed by atoms with Crippen LogP contribution in [0.1, 0.15) is 38.3 Å². The Morgan fingerprint density at radius 1 is 1.35 bits per heavy atom. The topological polar surface area (TPSA) is 33.0 Å². The van der Waals surface area contributed by atoms with Gasteiger partial charge in [0, 0.05) is 5.56 Å². The van der Waals surface area contributed by atoms with E-state index in [9.17, 15) is 4.39 Å². The first-order valence-corrected chi connectivity index (χ1v) is 5.83. The fraction of sp³-hybridized carbons (Fsp3) is 0.500. The number of hydrogen-bond acceptors (Lipinski definition) is 2. The van der Waals surface area contributed by atoms with Crippen molar-refractivity contribution in [2.45, 2.75) is 39.9 Å². The zero-order chi connectivity index (χ0) is 12.8. The predicted octanol–water partition coefficient (Wildman–Crippen LogP) is 3.65. The van der Waals surface area contributed by atoms with Crippen LogP contribution in [0.2, 0.25) is 0 Å². The van der Waals surface area contributed by atoms with Crippen molar-refractivity contribution in [2.24, 2.45) is 5.92 Å². The van der Waals surface area contributed by atoms with E-state index in [0.717, 1.165) is 6.42 Å². The molecule has 92 valence electrons. The molecule has 1 unspecified atom stereocenters. The van der Waals surface area contributed by atoms with E-state index < -0.39 is 0 Å². The van der Waals surface area contributed by atoms with Crippen molar-refractivity contribution in [3.8, 4) is 6.07 Å². The SMILES string of the molecule is CC(C)CC(C)OCc1ccc(C#N)cc1F. The lowest BCUT2D eigenvalue weighted by Crippen LogP contribution is -2.11. The van der Waals surface area contributed by atoms with E-state index in [1.807, 2.05) is 13.0 Å². The van der Waals surface area contributed by atoms with Gasteiger partial charge in [-0.05, 0) is 31.4 Å². The van der Waals surface area contributed by atoms with Gasteiger partial charge in [0.25, 0.3) is 0 Å². The summed E-state index contributed by atoms with van der Waals surface area (Å²) in [5.74, 6) is 0.191. The third-order valence-corrected chi connectivity index (χ3v) is 2.51. The first-order chi connectivity index (χ1) is 8.02. The number of nitriles is 1. The van der Waals surface area contributed by atoms with Crippen molar-refractivity contribution in [3.05, 3.63) is 35.1 Å². The Bertz CT molecular complexity index is 409. The lowest BCUT2D eigenvalue weighted by molar-refractivity contribution is 0.0382. The van der Waals surface area contributed by atoms with Crippen molar-refractivity contribution in [1.29, 1.82) is 5.26 Å². The second-order valence-electron chi connectivity index (χ2n) is 4.67. The Hall–Kier alpha value is -1.40. The molecule has 0 saturated heterocycles. The molecule has 0 radical (unpaired) electrons. The number of halogens is 1. The second-order valence-corrected chi connectivity index (χ2v) is 4.67. The smallest absolute Gasteiger partial charge is 0.130 e. The Morgan fingerprint density at radius 3 is 2.59 bits per heavy atom. The summed E-state index contributed by atoms with van der Waals surface area (Å²) in [6, 6.07) is 6.36. The maximum absolute atomic E-state index is 13.5. The van der Waals surface area contributed by atoms with Gasteiger partial charge >= 0.3 is 0 Å². The van der Waals surface area contributed by atoms with Gasteiger partial charge in [-0.15, -0.1) is 0 Å². The van der Waals surface area contributed by atoms with Crippen LogP contribution in [-0.4, -0.2) is 6.10 Å².